The van der Waals surface area contributed by atoms with Gasteiger partial charge in [0.05, 0.1) is 19.7 Å². The molecule has 174 valence electrons. The van der Waals surface area contributed by atoms with Crippen LogP contribution in [0.5, 0.6) is 5.75 Å². The van der Waals surface area contributed by atoms with Crippen molar-refractivity contribution in [3.8, 4) is 5.75 Å². The SMILES string of the molecule is CCc1oc(N2CC(CC)(OC)C2)nc1C(=O)Nc1cc(F)c(OC2CCCO2)c(F)c1. The molecule has 1 N–H and O–H groups in total. The second-order valence-electron chi connectivity index (χ2n) is 8.00. The number of rotatable bonds is 8. The Morgan fingerprint density at radius 1 is 1.31 bits per heavy atom. The number of oxazole rings is 1. The van der Waals surface area contributed by atoms with E-state index in [0.717, 1.165) is 25.0 Å². The van der Waals surface area contributed by atoms with E-state index in [0.29, 0.717) is 44.3 Å². The third-order valence-corrected chi connectivity index (χ3v) is 5.92. The second-order valence-corrected chi connectivity index (χ2v) is 8.00. The van der Waals surface area contributed by atoms with Gasteiger partial charge in [-0.2, -0.15) is 4.98 Å². The molecule has 0 spiro atoms. The Balaban J connectivity index is 1.47. The Morgan fingerprint density at radius 3 is 2.59 bits per heavy atom. The molecule has 1 amide bonds. The summed E-state index contributed by atoms with van der Waals surface area (Å²) in [5.41, 5.74) is -0.217. The van der Waals surface area contributed by atoms with Gasteiger partial charge in [-0.1, -0.05) is 13.8 Å². The van der Waals surface area contributed by atoms with Crippen molar-refractivity contribution in [2.24, 2.45) is 0 Å². The molecule has 0 aliphatic carbocycles. The average molecular weight is 451 g/mol. The van der Waals surface area contributed by atoms with E-state index in [4.69, 9.17) is 18.6 Å². The number of nitrogens with zero attached hydrogens (tertiary/aromatic N) is 2. The molecule has 2 fully saturated rings. The lowest BCUT2D eigenvalue weighted by Crippen LogP contribution is -2.62. The zero-order valence-corrected chi connectivity index (χ0v) is 18.4. The van der Waals surface area contributed by atoms with Gasteiger partial charge in [-0.05, 0) is 12.8 Å². The van der Waals surface area contributed by atoms with E-state index in [1.165, 1.54) is 0 Å². The summed E-state index contributed by atoms with van der Waals surface area (Å²) >= 11 is 0. The first kappa shape index (κ1) is 22.5. The van der Waals surface area contributed by atoms with Crippen molar-refractivity contribution in [3.63, 3.8) is 0 Å². The largest absolute Gasteiger partial charge is 0.459 e. The van der Waals surface area contributed by atoms with Crippen LogP contribution in [-0.2, 0) is 15.9 Å². The Kier molecular flexibility index (Phi) is 6.34. The van der Waals surface area contributed by atoms with Crippen LogP contribution in [-0.4, -0.2) is 49.6 Å². The summed E-state index contributed by atoms with van der Waals surface area (Å²) in [5, 5.41) is 2.49. The first-order valence-corrected chi connectivity index (χ1v) is 10.8. The average Bonchev–Trinajstić information content (AvgIpc) is 3.40. The molecule has 10 heteroatoms. The molecular formula is C22H27F2N3O5. The van der Waals surface area contributed by atoms with Gasteiger partial charge in [-0.25, -0.2) is 8.78 Å². The van der Waals surface area contributed by atoms with E-state index in [1.54, 1.807) is 7.11 Å². The highest BCUT2D eigenvalue weighted by Crippen LogP contribution is 2.34. The van der Waals surface area contributed by atoms with Crippen LogP contribution in [0.25, 0.3) is 0 Å². The van der Waals surface area contributed by atoms with Gasteiger partial charge in [0.25, 0.3) is 11.9 Å². The molecular weight excluding hydrogens is 424 g/mol. The Morgan fingerprint density at radius 2 is 2.03 bits per heavy atom. The standard InChI is InChI=1S/C22H27F2N3O5/c1-4-16-18(26-21(31-16)27-11-22(5-2,12-27)29-3)20(28)25-13-9-14(23)19(15(24)10-13)32-17-7-6-8-30-17/h9-10,17H,4-8,11-12H2,1-3H3,(H,25,28). The van der Waals surface area contributed by atoms with E-state index < -0.39 is 29.6 Å². The number of carbonyl (C=O) groups is 1. The fourth-order valence-electron chi connectivity index (χ4n) is 3.88. The Bertz CT molecular complexity index is 955. The molecule has 0 saturated carbocycles. The van der Waals surface area contributed by atoms with Gasteiger partial charge in [-0.3, -0.25) is 4.79 Å². The number of aryl methyl sites for hydroxylation is 1. The third-order valence-electron chi connectivity index (χ3n) is 5.92. The predicted molar refractivity (Wildman–Crippen MR) is 112 cm³/mol. The van der Waals surface area contributed by atoms with Crippen LogP contribution in [0.1, 0.15) is 49.4 Å². The van der Waals surface area contributed by atoms with Gasteiger partial charge >= 0.3 is 0 Å². The fraction of sp³-hybridized carbons (Fsp3) is 0.545. The van der Waals surface area contributed by atoms with E-state index in [-0.39, 0.29) is 17.0 Å². The molecule has 2 saturated heterocycles. The monoisotopic (exact) mass is 451 g/mol. The van der Waals surface area contributed by atoms with Crippen molar-refractivity contribution >= 4 is 17.6 Å². The second kappa shape index (κ2) is 9.03. The first-order valence-electron chi connectivity index (χ1n) is 10.8. The van der Waals surface area contributed by atoms with Crippen LogP contribution in [0.2, 0.25) is 0 Å². The lowest BCUT2D eigenvalue weighted by Gasteiger charge is -2.47. The fourth-order valence-corrected chi connectivity index (χ4v) is 3.88. The third kappa shape index (κ3) is 4.29. The molecule has 1 atom stereocenters. The number of aromatic nitrogens is 1. The van der Waals surface area contributed by atoms with Gasteiger partial charge < -0.3 is 28.8 Å². The van der Waals surface area contributed by atoms with Gasteiger partial charge in [0.2, 0.25) is 0 Å². The van der Waals surface area contributed by atoms with Crippen molar-refractivity contribution in [3.05, 3.63) is 35.2 Å². The maximum Gasteiger partial charge on any atom is 0.298 e. The smallest absolute Gasteiger partial charge is 0.298 e. The summed E-state index contributed by atoms with van der Waals surface area (Å²) in [4.78, 5) is 19.0. The maximum atomic E-state index is 14.4. The zero-order valence-electron chi connectivity index (χ0n) is 18.4. The number of nitrogens with one attached hydrogen (secondary N) is 1. The van der Waals surface area contributed by atoms with Crippen LogP contribution >= 0.6 is 0 Å². The van der Waals surface area contributed by atoms with Gasteiger partial charge in [0.1, 0.15) is 11.4 Å². The normalized spacial score (nSPS) is 19.7. The molecule has 3 heterocycles. The summed E-state index contributed by atoms with van der Waals surface area (Å²) in [6.07, 6.45) is 1.93. The lowest BCUT2D eigenvalue weighted by atomic mass is 9.91. The minimum Gasteiger partial charge on any atom is -0.459 e. The van der Waals surface area contributed by atoms with Crippen LogP contribution < -0.4 is 15.0 Å². The van der Waals surface area contributed by atoms with E-state index >= 15 is 0 Å². The highest BCUT2D eigenvalue weighted by atomic mass is 19.1. The summed E-state index contributed by atoms with van der Waals surface area (Å²) in [6, 6.07) is 2.33. The van der Waals surface area contributed by atoms with Crippen LogP contribution in [0.15, 0.2) is 16.5 Å². The van der Waals surface area contributed by atoms with Crippen LogP contribution in [0.3, 0.4) is 0 Å². The molecule has 1 aromatic carbocycles. The maximum absolute atomic E-state index is 14.4. The molecule has 32 heavy (non-hydrogen) atoms. The molecule has 2 aliphatic rings. The lowest BCUT2D eigenvalue weighted by molar-refractivity contribution is -0.0433. The van der Waals surface area contributed by atoms with Crippen molar-refractivity contribution in [1.29, 1.82) is 0 Å². The summed E-state index contributed by atoms with van der Waals surface area (Å²) in [6.45, 7) is 5.58. The van der Waals surface area contributed by atoms with Crippen molar-refractivity contribution in [2.45, 2.75) is 51.4 Å². The topological polar surface area (TPSA) is 86.1 Å². The van der Waals surface area contributed by atoms with Gasteiger partial charge in [0.15, 0.2) is 29.4 Å². The highest BCUT2D eigenvalue weighted by Gasteiger charge is 2.44. The van der Waals surface area contributed by atoms with Gasteiger partial charge in [0, 0.05) is 37.8 Å². The first-order chi connectivity index (χ1) is 15.4. The minimum absolute atomic E-state index is 0.0513. The Labute approximate surface area is 184 Å². The Hall–Kier alpha value is -2.72. The number of hydrogen-bond acceptors (Lipinski definition) is 7. The number of halogens is 2. The molecule has 2 aromatic rings. The van der Waals surface area contributed by atoms with E-state index in [1.807, 2.05) is 18.7 Å². The summed E-state index contributed by atoms with van der Waals surface area (Å²) in [5.74, 6) is -2.60. The number of amides is 1. The molecule has 8 nitrogen and oxygen atoms in total. The van der Waals surface area contributed by atoms with Crippen molar-refractivity contribution < 1.29 is 32.2 Å². The van der Waals surface area contributed by atoms with Crippen molar-refractivity contribution in [1.82, 2.24) is 4.98 Å². The number of ether oxygens (including phenoxy) is 3. The molecule has 2 aliphatic heterocycles. The number of benzene rings is 1. The number of methoxy groups -OCH3 is 1. The zero-order chi connectivity index (χ0) is 22.9. The van der Waals surface area contributed by atoms with Crippen molar-refractivity contribution in [2.75, 3.05) is 37.0 Å². The number of anilines is 2. The van der Waals surface area contributed by atoms with Crippen LogP contribution in [0.4, 0.5) is 20.5 Å². The summed E-state index contributed by atoms with van der Waals surface area (Å²) in [7, 11) is 1.67. The summed E-state index contributed by atoms with van der Waals surface area (Å²) < 4.78 is 50.7. The van der Waals surface area contributed by atoms with Gasteiger partial charge in [-0.15, -0.1) is 0 Å². The molecule has 1 aromatic heterocycles. The highest BCUT2D eigenvalue weighted by molar-refractivity contribution is 6.03. The number of hydrogen-bond donors (Lipinski definition) is 1. The molecule has 0 radical (unpaired) electrons. The molecule has 4 rings (SSSR count). The predicted octanol–water partition coefficient (Wildman–Crippen LogP) is 3.90. The van der Waals surface area contributed by atoms with Crippen LogP contribution in [0, 0.1) is 11.6 Å². The minimum atomic E-state index is -0.927. The number of carbonyl (C=O) groups excluding carboxylic acids is 1. The molecule has 0 bridgehead atoms. The molecule has 1 unspecified atom stereocenters. The van der Waals surface area contributed by atoms with E-state index in [2.05, 4.69) is 10.3 Å². The van der Waals surface area contributed by atoms with E-state index in [9.17, 15) is 13.6 Å². The quantitative estimate of drug-likeness (QED) is 0.652.